The van der Waals surface area contributed by atoms with E-state index in [9.17, 15) is 4.79 Å². The summed E-state index contributed by atoms with van der Waals surface area (Å²) in [6.45, 7) is 1.20. The van der Waals surface area contributed by atoms with E-state index in [0.29, 0.717) is 19.0 Å². The predicted molar refractivity (Wildman–Crippen MR) is 124 cm³/mol. The number of furan rings is 1. The first-order chi connectivity index (χ1) is 13.0. The minimum Gasteiger partial charge on any atom is -0.496 e. The number of carbonyl (C=O) groups excluding carboxylic acids is 1. The van der Waals surface area contributed by atoms with E-state index in [1.807, 2.05) is 30.3 Å². The summed E-state index contributed by atoms with van der Waals surface area (Å²) >= 11 is 3.47. The lowest BCUT2D eigenvalue weighted by Gasteiger charge is -2.15. The molecule has 0 unspecified atom stereocenters. The lowest BCUT2D eigenvalue weighted by Crippen LogP contribution is -2.43. The Morgan fingerprint density at radius 3 is 2.71 bits per heavy atom. The van der Waals surface area contributed by atoms with Crippen LogP contribution in [0.25, 0.3) is 0 Å². The topological polar surface area (TPSA) is 79.1 Å². The van der Waals surface area contributed by atoms with Crippen LogP contribution in [0, 0.1) is 0 Å². The van der Waals surface area contributed by atoms with E-state index < -0.39 is 0 Å². The van der Waals surface area contributed by atoms with Gasteiger partial charge in [-0.3, -0.25) is 4.79 Å². The van der Waals surface area contributed by atoms with Crippen LogP contribution >= 0.6 is 39.9 Å². The van der Waals surface area contributed by atoms with Crippen LogP contribution in [-0.2, 0) is 17.8 Å². The summed E-state index contributed by atoms with van der Waals surface area (Å²) in [5.41, 5.74) is 0.943. The first-order valence-electron chi connectivity index (χ1n) is 8.56. The molecular weight excluding hydrogens is 539 g/mol. The van der Waals surface area contributed by atoms with Crippen molar-refractivity contribution < 1.29 is 13.9 Å². The van der Waals surface area contributed by atoms with Gasteiger partial charge in [0.2, 0.25) is 5.91 Å². The molecule has 154 valence electrons. The van der Waals surface area contributed by atoms with Gasteiger partial charge in [0.15, 0.2) is 5.96 Å². The number of benzene rings is 1. The molecule has 0 aliphatic heterocycles. The van der Waals surface area contributed by atoms with Crippen molar-refractivity contribution in [3.8, 4) is 5.75 Å². The molecule has 0 aliphatic carbocycles. The molecular formula is C19H26BrIN4O3. The second-order valence-electron chi connectivity index (χ2n) is 6.02. The number of likely N-dealkylation sites (N-methyl/N-ethyl adjacent to an activating group) is 1. The molecule has 0 radical (unpaired) electrons. The predicted octanol–water partition coefficient (Wildman–Crippen LogP) is 3.03. The van der Waals surface area contributed by atoms with Crippen LogP contribution in [0.5, 0.6) is 5.75 Å². The number of carbonyl (C=O) groups is 1. The van der Waals surface area contributed by atoms with Crippen molar-refractivity contribution in [1.29, 1.82) is 0 Å². The Kier molecular flexibility index (Phi) is 11.0. The second kappa shape index (κ2) is 12.7. The van der Waals surface area contributed by atoms with Gasteiger partial charge in [0.25, 0.3) is 0 Å². The third-order valence-electron chi connectivity index (χ3n) is 3.80. The van der Waals surface area contributed by atoms with Gasteiger partial charge >= 0.3 is 0 Å². The summed E-state index contributed by atoms with van der Waals surface area (Å²) in [7, 11) is 5.07. The zero-order valence-electron chi connectivity index (χ0n) is 16.2. The minimum atomic E-state index is -0.0319. The van der Waals surface area contributed by atoms with Gasteiger partial charge in [-0.1, -0.05) is 15.9 Å². The molecule has 0 spiro atoms. The summed E-state index contributed by atoms with van der Waals surface area (Å²) in [5.74, 6) is 2.18. The van der Waals surface area contributed by atoms with E-state index in [-0.39, 0.29) is 36.4 Å². The number of ether oxygens (including phenoxy) is 1. The molecule has 0 aliphatic rings. The Morgan fingerprint density at radius 2 is 2.07 bits per heavy atom. The molecule has 1 amide bonds. The number of hydrogen-bond donors (Lipinski definition) is 2. The van der Waals surface area contributed by atoms with Crippen molar-refractivity contribution in [1.82, 2.24) is 15.5 Å². The SMILES string of the molecule is COc1ccc(Br)cc1CN=C(NCCc1ccco1)NCC(=O)N(C)C.I. The molecule has 0 saturated carbocycles. The summed E-state index contributed by atoms with van der Waals surface area (Å²) in [4.78, 5) is 18.0. The van der Waals surface area contributed by atoms with Crippen LogP contribution in [0.3, 0.4) is 0 Å². The third-order valence-corrected chi connectivity index (χ3v) is 4.29. The van der Waals surface area contributed by atoms with Gasteiger partial charge in [0.05, 0.1) is 26.5 Å². The van der Waals surface area contributed by atoms with E-state index in [1.54, 1.807) is 27.5 Å². The summed E-state index contributed by atoms with van der Waals surface area (Å²) in [6, 6.07) is 9.56. The molecule has 2 aromatic rings. The average molecular weight is 565 g/mol. The highest BCUT2D eigenvalue weighted by Gasteiger charge is 2.08. The van der Waals surface area contributed by atoms with Gasteiger partial charge in [-0.05, 0) is 30.3 Å². The first-order valence-corrected chi connectivity index (χ1v) is 9.36. The van der Waals surface area contributed by atoms with Gasteiger partial charge in [0, 0.05) is 37.1 Å². The number of nitrogens with one attached hydrogen (secondary N) is 2. The highest BCUT2D eigenvalue weighted by Crippen LogP contribution is 2.23. The highest BCUT2D eigenvalue weighted by molar-refractivity contribution is 14.0. The van der Waals surface area contributed by atoms with Gasteiger partial charge in [-0.2, -0.15) is 0 Å². The van der Waals surface area contributed by atoms with Crippen molar-refractivity contribution in [2.24, 2.45) is 4.99 Å². The normalized spacial score (nSPS) is 10.8. The van der Waals surface area contributed by atoms with Crippen molar-refractivity contribution in [2.45, 2.75) is 13.0 Å². The molecule has 0 bridgehead atoms. The maximum absolute atomic E-state index is 11.9. The van der Waals surface area contributed by atoms with Crippen LogP contribution in [0.1, 0.15) is 11.3 Å². The summed E-state index contributed by atoms with van der Waals surface area (Å²) < 4.78 is 11.7. The van der Waals surface area contributed by atoms with Gasteiger partial charge in [-0.15, -0.1) is 24.0 Å². The Balaban J connectivity index is 0.00000392. The largest absolute Gasteiger partial charge is 0.496 e. The maximum Gasteiger partial charge on any atom is 0.241 e. The van der Waals surface area contributed by atoms with Crippen LogP contribution < -0.4 is 15.4 Å². The number of aliphatic imine (C=N–C) groups is 1. The van der Waals surface area contributed by atoms with Gasteiger partial charge in [-0.25, -0.2) is 4.99 Å². The van der Waals surface area contributed by atoms with Crippen LogP contribution in [0.2, 0.25) is 0 Å². The number of halogens is 2. The zero-order valence-corrected chi connectivity index (χ0v) is 20.1. The Bertz CT molecular complexity index is 767. The number of amides is 1. The number of guanidine groups is 1. The Hall–Kier alpha value is -1.75. The van der Waals surface area contributed by atoms with E-state index in [1.165, 1.54) is 4.90 Å². The number of rotatable bonds is 8. The molecule has 1 aromatic carbocycles. The fraction of sp³-hybridized carbons (Fsp3) is 0.368. The smallest absolute Gasteiger partial charge is 0.241 e. The molecule has 7 nitrogen and oxygen atoms in total. The first kappa shape index (κ1) is 24.3. The van der Waals surface area contributed by atoms with E-state index in [4.69, 9.17) is 9.15 Å². The van der Waals surface area contributed by atoms with Crippen molar-refractivity contribution in [3.05, 3.63) is 52.4 Å². The fourth-order valence-corrected chi connectivity index (χ4v) is 2.69. The molecule has 1 aromatic heterocycles. The van der Waals surface area contributed by atoms with Crippen LogP contribution in [0.15, 0.2) is 50.5 Å². The van der Waals surface area contributed by atoms with Crippen molar-refractivity contribution in [2.75, 3.05) is 34.3 Å². The molecule has 0 saturated heterocycles. The maximum atomic E-state index is 11.9. The molecule has 0 fully saturated rings. The fourth-order valence-electron chi connectivity index (χ4n) is 2.29. The van der Waals surface area contributed by atoms with Crippen LogP contribution in [-0.4, -0.2) is 51.1 Å². The number of hydrogen-bond acceptors (Lipinski definition) is 4. The number of nitrogens with zero attached hydrogens (tertiary/aromatic N) is 2. The van der Waals surface area contributed by atoms with E-state index in [0.717, 1.165) is 28.0 Å². The van der Waals surface area contributed by atoms with Crippen LogP contribution in [0.4, 0.5) is 0 Å². The highest BCUT2D eigenvalue weighted by atomic mass is 127. The van der Waals surface area contributed by atoms with E-state index >= 15 is 0 Å². The summed E-state index contributed by atoms with van der Waals surface area (Å²) in [6.07, 6.45) is 2.37. The third kappa shape index (κ3) is 8.09. The average Bonchev–Trinajstić information content (AvgIpc) is 3.16. The Morgan fingerprint density at radius 1 is 1.29 bits per heavy atom. The second-order valence-corrected chi connectivity index (χ2v) is 6.93. The molecule has 0 atom stereocenters. The molecule has 1 heterocycles. The summed E-state index contributed by atoms with van der Waals surface area (Å²) in [5, 5.41) is 6.30. The Labute approximate surface area is 191 Å². The van der Waals surface area contributed by atoms with Crippen molar-refractivity contribution in [3.63, 3.8) is 0 Å². The number of methoxy groups -OCH3 is 1. The molecule has 28 heavy (non-hydrogen) atoms. The standard InChI is InChI=1S/C19H25BrN4O3.HI/c1-24(2)18(25)13-23-19(21-9-8-16-5-4-10-27-16)22-12-14-11-15(20)6-7-17(14)26-3;/h4-7,10-11H,8-9,12-13H2,1-3H3,(H2,21,22,23);1H. The minimum absolute atomic E-state index is 0. The lowest BCUT2D eigenvalue weighted by molar-refractivity contribution is -0.127. The monoisotopic (exact) mass is 564 g/mol. The molecule has 2 rings (SSSR count). The quantitative estimate of drug-likeness (QED) is 0.293. The van der Waals surface area contributed by atoms with Gasteiger partial charge in [0.1, 0.15) is 11.5 Å². The zero-order chi connectivity index (χ0) is 19.6. The van der Waals surface area contributed by atoms with Crippen molar-refractivity contribution >= 4 is 51.8 Å². The van der Waals surface area contributed by atoms with Gasteiger partial charge < -0.3 is 24.7 Å². The van der Waals surface area contributed by atoms with E-state index in [2.05, 4.69) is 31.6 Å². The molecule has 2 N–H and O–H groups in total. The molecule has 9 heteroatoms. The lowest BCUT2D eigenvalue weighted by atomic mass is 10.2.